The van der Waals surface area contributed by atoms with Crippen LogP contribution < -0.4 is 4.90 Å². The van der Waals surface area contributed by atoms with Crippen molar-refractivity contribution in [1.29, 1.82) is 0 Å². The fourth-order valence-corrected chi connectivity index (χ4v) is 4.54. The van der Waals surface area contributed by atoms with Gasteiger partial charge in [-0.3, -0.25) is 4.79 Å². The molecule has 1 unspecified atom stereocenters. The van der Waals surface area contributed by atoms with Crippen LogP contribution in [0.25, 0.3) is 0 Å². The van der Waals surface area contributed by atoms with Crippen LogP contribution in [0.4, 0.5) is 5.69 Å². The van der Waals surface area contributed by atoms with E-state index in [-0.39, 0.29) is 11.2 Å². The Balaban J connectivity index is 1.77. The molecule has 0 bridgehead atoms. The zero-order chi connectivity index (χ0) is 14.8. The van der Waals surface area contributed by atoms with Gasteiger partial charge in [-0.15, -0.1) is 10.2 Å². The summed E-state index contributed by atoms with van der Waals surface area (Å²) in [6.07, 6.45) is 1.74. The van der Waals surface area contributed by atoms with Crippen LogP contribution >= 0.6 is 23.1 Å². The van der Waals surface area contributed by atoms with E-state index in [0.29, 0.717) is 0 Å². The molecule has 110 valence electrons. The minimum Gasteiger partial charge on any atom is -0.311 e. The molecule has 0 fully saturated rings. The maximum atomic E-state index is 12.8. The number of aromatic nitrogens is 2. The van der Waals surface area contributed by atoms with E-state index in [4.69, 9.17) is 0 Å². The molecule has 1 aliphatic rings. The zero-order valence-corrected chi connectivity index (χ0v) is 13.7. The van der Waals surface area contributed by atoms with Crippen LogP contribution in [0.1, 0.15) is 23.9 Å². The highest BCUT2D eigenvalue weighted by molar-refractivity contribution is 8.02. The van der Waals surface area contributed by atoms with Gasteiger partial charge >= 0.3 is 0 Å². The Morgan fingerprint density at radius 1 is 1.43 bits per heavy atom. The molecule has 0 aliphatic carbocycles. The Labute approximate surface area is 132 Å². The Morgan fingerprint density at radius 3 is 2.95 bits per heavy atom. The van der Waals surface area contributed by atoms with E-state index >= 15 is 0 Å². The first-order valence-corrected chi connectivity index (χ1v) is 8.74. The van der Waals surface area contributed by atoms with Gasteiger partial charge < -0.3 is 4.90 Å². The molecule has 1 atom stereocenters. The molecular weight excluding hydrogens is 302 g/mol. The van der Waals surface area contributed by atoms with Crippen LogP contribution in [-0.4, -0.2) is 27.9 Å². The number of aryl methyl sites for hydroxylation is 1. The van der Waals surface area contributed by atoms with Gasteiger partial charge in [0.25, 0.3) is 0 Å². The predicted octanol–water partition coefficient (Wildman–Crippen LogP) is 3.31. The number of fused-ring (bicyclic) bond motifs is 1. The highest BCUT2D eigenvalue weighted by Crippen LogP contribution is 2.33. The monoisotopic (exact) mass is 319 g/mol. The molecule has 6 heteroatoms. The van der Waals surface area contributed by atoms with Crippen molar-refractivity contribution in [3.63, 3.8) is 0 Å². The van der Waals surface area contributed by atoms with Crippen molar-refractivity contribution in [3.05, 3.63) is 34.8 Å². The van der Waals surface area contributed by atoms with Gasteiger partial charge in [0, 0.05) is 12.2 Å². The lowest BCUT2D eigenvalue weighted by Gasteiger charge is -2.22. The van der Waals surface area contributed by atoms with Gasteiger partial charge in [0.05, 0.1) is 5.25 Å². The molecule has 0 radical (unpaired) electrons. The van der Waals surface area contributed by atoms with Crippen molar-refractivity contribution in [1.82, 2.24) is 10.2 Å². The van der Waals surface area contributed by atoms with Crippen LogP contribution in [0.5, 0.6) is 0 Å². The number of hydrogen-bond acceptors (Lipinski definition) is 5. The van der Waals surface area contributed by atoms with E-state index in [9.17, 15) is 4.79 Å². The normalized spacial score (nSPS) is 15.0. The van der Waals surface area contributed by atoms with Gasteiger partial charge in [0.15, 0.2) is 4.34 Å². The van der Waals surface area contributed by atoms with Crippen LogP contribution in [0.2, 0.25) is 0 Å². The quantitative estimate of drug-likeness (QED) is 0.811. The first-order chi connectivity index (χ1) is 10.2. The summed E-state index contributed by atoms with van der Waals surface area (Å²) in [4.78, 5) is 14.7. The molecule has 2 aromatic rings. The minimum atomic E-state index is -0.0940. The van der Waals surface area contributed by atoms with Crippen LogP contribution in [0.15, 0.2) is 28.6 Å². The van der Waals surface area contributed by atoms with Crippen LogP contribution in [0, 0.1) is 6.92 Å². The van der Waals surface area contributed by atoms with Crippen LogP contribution in [0.3, 0.4) is 0 Å². The second-order valence-electron chi connectivity index (χ2n) is 4.97. The van der Waals surface area contributed by atoms with Crippen molar-refractivity contribution < 1.29 is 4.79 Å². The molecule has 2 heterocycles. The summed E-state index contributed by atoms with van der Waals surface area (Å²) in [5.41, 5.74) is 2.33. The number of anilines is 1. The number of para-hydroxylation sites is 1. The average molecular weight is 319 g/mol. The smallest absolute Gasteiger partial charge is 0.240 e. The van der Waals surface area contributed by atoms with Gasteiger partial charge in [0.1, 0.15) is 5.01 Å². The predicted molar refractivity (Wildman–Crippen MR) is 87.1 cm³/mol. The van der Waals surface area contributed by atoms with Gasteiger partial charge in [0.2, 0.25) is 5.91 Å². The number of rotatable bonds is 4. The molecule has 0 saturated carbocycles. The fraction of sp³-hybridized carbons (Fsp3) is 0.400. The molecule has 3 rings (SSSR count). The molecule has 1 aromatic heterocycles. The number of carbonyl (C=O) groups is 1. The average Bonchev–Trinajstić information content (AvgIpc) is 3.10. The second kappa shape index (κ2) is 6.15. The fourth-order valence-electron chi connectivity index (χ4n) is 2.50. The van der Waals surface area contributed by atoms with Gasteiger partial charge in [-0.1, -0.05) is 48.2 Å². The SMILES string of the molecule is CCC(Sc1nnc(C)s1)C(=O)N1CCc2ccccc21. The van der Waals surface area contributed by atoms with Crippen molar-refractivity contribution in [2.75, 3.05) is 11.4 Å². The molecule has 0 saturated heterocycles. The van der Waals surface area contributed by atoms with Gasteiger partial charge in [-0.05, 0) is 31.4 Å². The Morgan fingerprint density at radius 2 is 2.24 bits per heavy atom. The van der Waals surface area contributed by atoms with E-state index in [1.54, 1.807) is 11.3 Å². The van der Waals surface area contributed by atoms with Gasteiger partial charge in [-0.25, -0.2) is 0 Å². The number of thioether (sulfide) groups is 1. The first kappa shape index (κ1) is 14.5. The third-order valence-electron chi connectivity index (χ3n) is 3.55. The van der Waals surface area contributed by atoms with Crippen LogP contribution in [-0.2, 0) is 11.2 Å². The molecule has 0 N–H and O–H groups in total. The van der Waals surface area contributed by atoms with E-state index in [0.717, 1.165) is 34.4 Å². The number of hydrogen-bond donors (Lipinski definition) is 0. The summed E-state index contributed by atoms with van der Waals surface area (Å²) in [6.45, 7) is 4.76. The summed E-state index contributed by atoms with van der Waals surface area (Å²) < 4.78 is 0.875. The molecular formula is C15H17N3OS2. The molecule has 0 spiro atoms. The van der Waals surface area contributed by atoms with E-state index in [1.807, 2.05) is 36.9 Å². The Bertz CT molecular complexity index is 656. The lowest BCUT2D eigenvalue weighted by molar-refractivity contribution is -0.118. The highest BCUT2D eigenvalue weighted by Gasteiger charge is 2.30. The molecule has 21 heavy (non-hydrogen) atoms. The summed E-state index contributed by atoms with van der Waals surface area (Å²) in [5, 5.41) is 8.98. The lowest BCUT2D eigenvalue weighted by atomic mass is 10.2. The molecule has 1 aliphatic heterocycles. The third kappa shape index (κ3) is 2.96. The van der Waals surface area contributed by atoms with E-state index in [1.165, 1.54) is 17.3 Å². The van der Waals surface area contributed by atoms with Crippen molar-refractivity contribution in [2.24, 2.45) is 0 Å². The number of amides is 1. The second-order valence-corrected chi connectivity index (χ2v) is 7.60. The summed E-state index contributed by atoms with van der Waals surface area (Å²) in [5.74, 6) is 0.181. The maximum Gasteiger partial charge on any atom is 0.240 e. The molecule has 1 amide bonds. The minimum absolute atomic E-state index is 0.0940. The summed E-state index contributed by atoms with van der Waals surface area (Å²) in [6, 6.07) is 8.16. The topological polar surface area (TPSA) is 46.1 Å². The standard InChI is InChI=1S/C15H17N3OS2/c1-3-13(21-15-17-16-10(2)20-15)14(19)18-9-8-11-6-4-5-7-12(11)18/h4-7,13H,3,8-9H2,1-2H3. The maximum absolute atomic E-state index is 12.8. The zero-order valence-electron chi connectivity index (χ0n) is 12.1. The first-order valence-electron chi connectivity index (χ1n) is 7.05. The Kier molecular flexibility index (Phi) is 4.26. The van der Waals surface area contributed by atoms with Gasteiger partial charge in [-0.2, -0.15) is 0 Å². The van der Waals surface area contributed by atoms with E-state index in [2.05, 4.69) is 16.3 Å². The van der Waals surface area contributed by atoms with Crippen molar-refractivity contribution in [3.8, 4) is 0 Å². The number of nitrogens with zero attached hydrogens (tertiary/aromatic N) is 3. The number of benzene rings is 1. The van der Waals surface area contributed by atoms with E-state index < -0.39 is 0 Å². The molecule has 4 nitrogen and oxygen atoms in total. The Hall–Kier alpha value is -1.40. The summed E-state index contributed by atoms with van der Waals surface area (Å²) >= 11 is 3.08. The molecule has 1 aromatic carbocycles. The number of carbonyl (C=O) groups excluding carboxylic acids is 1. The largest absolute Gasteiger partial charge is 0.311 e. The highest BCUT2D eigenvalue weighted by atomic mass is 32.2. The third-order valence-corrected chi connectivity index (χ3v) is 5.82. The lowest BCUT2D eigenvalue weighted by Crippen LogP contribution is -2.36. The summed E-state index contributed by atoms with van der Waals surface area (Å²) in [7, 11) is 0. The van der Waals surface area contributed by atoms with Crippen molar-refractivity contribution >= 4 is 34.7 Å². The van der Waals surface area contributed by atoms with Crippen molar-refractivity contribution in [2.45, 2.75) is 36.3 Å².